The summed E-state index contributed by atoms with van der Waals surface area (Å²) in [5.74, 6) is 1.11. The normalized spacial score (nSPS) is 26.0. The maximum absolute atomic E-state index is 16.1. The van der Waals surface area contributed by atoms with Gasteiger partial charge in [0.05, 0.1) is 29.0 Å². The number of fused-ring (bicyclic) bond motifs is 2. The Balaban J connectivity index is 1.34. The van der Waals surface area contributed by atoms with Crippen molar-refractivity contribution in [2.24, 2.45) is 0 Å². The van der Waals surface area contributed by atoms with Crippen LogP contribution < -0.4 is 15.1 Å². The number of hydrogen-bond donors (Lipinski definition) is 0. The molecule has 0 unspecified atom stereocenters. The van der Waals surface area contributed by atoms with E-state index in [1.807, 2.05) is 90.7 Å². The molecule has 4 heterocycles. The highest BCUT2D eigenvalue weighted by Gasteiger charge is 2.52. The van der Waals surface area contributed by atoms with Crippen molar-refractivity contribution in [3.05, 3.63) is 30.3 Å². The third kappa shape index (κ3) is 6.39. The van der Waals surface area contributed by atoms with Crippen LogP contribution >= 0.6 is 0 Å². The van der Waals surface area contributed by atoms with Crippen LogP contribution in [-0.2, 0) is 18.8 Å². The molecule has 5 rings (SSSR count). The zero-order valence-corrected chi connectivity index (χ0v) is 27.4. The van der Waals surface area contributed by atoms with E-state index in [4.69, 9.17) is 23.5 Å². The summed E-state index contributed by atoms with van der Waals surface area (Å²) in [6.45, 7) is 13.6. The summed E-state index contributed by atoms with van der Waals surface area (Å²) < 4.78 is 45.3. The van der Waals surface area contributed by atoms with E-state index in [9.17, 15) is 4.79 Å². The second-order valence-corrected chi connectivity index (χ2v) is 14.1. The number of carbonyl (C=O) groups is 1. The predicted octanol–water partition coefficient (Wildman–Crippen LogP) is 5.13. The summed E-state index contributed by atoms with van der Waals surface area (Å²) in [4.78, 5) is 16.5. The van der Waals surface area contributed by atoms with Gasteiger partial charge in [-0.25, -0.2) is 9.18 Å². The van der Waals surface area contributed by atoms with Crippen LogP contribution in [0.4, 0.5) is 15.0 Å². The van der Waals surface area contributed by atoms with E-state index in [1.54, 1.807) is 12.0 Å². The van der Waals surface area contributed by atoms with E-state index in [2.05, 4.69) is 10.2 Å². The van der Waals surface area contributed by atoms with Crippen LogP contribution in [0.15, 0.2) is 30.3 Å². The van der Waals surface area contributed by atoms with E-state index in [1.165, 1.54) is 0 Å². The Morgan fingerprint density at radius 2 is 1.82 bits per heavy atom. The Morgan fingerprint density at radius 3 is 2.43 bits per heavy atom. The van der Waals surface area contributed by atoms with Crippen molar-refractivity contribution in [1.29, 1.82) is 0 Å². The molecule has 44 heavy (non-hydrogen) atoms. The van der Waals surface area contributed by atoms with Gasteiger partial charge in [-0.2, -0.15) is 0 Å². The molecule has 240 valence electrons. The van der Waals surface area contributed by atoms with E-state index < -0.39 is 48.3 Å². The molecule has 0 spiro atoms. The van der Waals surface area contributed by atoms with Gasteiger partial charge in [0.15, 0.2) is 12.6 Å². The number of rotatable bonds is 7. The summed E-state index contributed by atoms with van der Waals surface area (Å²) in [7, 11) is 2.86. The van der Waals surface area contributed by atoms with Gasteiger partial charge in [-0.3, -0.25) is 4.90 Å². The SMILES string of the molecule is COCOc1cc(B2OC(C)(C)C(C)(C)O2)ccc1-c1ccc(N(C)[C@@H]2C[C@H]3CCC[C@@H]([C@@H]2F)N3C(=O)OC(C)(C)C)nn1. The molecule has 1 aromatic heterocycles. The molecular formula is C32H46BFN4O6. The van der Waals surface area contributed by atoms with Crippen molar-refractivity contribution < 1.29 is 32.7 Å². The Bertz CT molecular complexity index is 1320. The third-order valence-electron chi connectivity index (χ3n) is 9.29. The van der Waals surface area contributed by atoms with Crippen molar-refractivity contribution in [2.45, 2.75) is 115 Å². The molecule has 0 radical (unpaired) electrons. The number of anilines is 1. The lowest BCUT2D eigenvalue weighted by atomic mass is 9.78. The zero-order valence-electron chi connectivity index (χ0n) is 27.4. The first-order valence-electron chi connectivity index (χ1n) is 15.5. The number of benzene rings is 1. The van der Waals surface area contributed by atoms with Crippen molar-refractivity contribution in [3.63, 3.8) is 0 Å². The molecule has 1 amide bonds. The number of halogens is 1. The van der Waals surface area contributed by atoms with Crippen molar-refractivity contribution >= 4 is 24.5 Å². The van der Waals surface area contributed by atoms with Gasteiger partial charge >= 0.3 is 13.2 Å². The Kier molecular flexibility index (Phi) is 8.92. The smallest absolute Gasteiger partial charge is 0.467 e. The van der Waals surface area contributed by atoms with Crippen molar-refractivity contribution in [3.8, 4) is 17.0 Å². The quantitative estimate of drug-likeness (QED) is 0.312. The monoisotopic (exact) mass is 612 g/mol. The highest BCUT2D eigenvalue weighted by molar-refractivity contribution is 6.62. The molecule has 2 aromatic rings. The first kappa shape index (κ1) is 32.4. The Hall–Kier alpha value is -2.96. The van der Waals surface area contributed by atoms with Crippen LogP contribution in [-0.4, -0.2) is 90.4 Å². The predicted molar refractivity (Wildman–Crippen MR) is 167 cm³/mol. The highest BCUT2D eigenvalue weighted by atomic mass is 19.1. The fourth-order valence-electron chi connectivity index (χ4n) is 6.24. The maximum atomic E-state index is 16.1. The molecule has 1 aromatic carbocycles. The van der Waals surface area contributed by atoms with Gasteiger partial charge in [-0.15, -0.1) is 10.2 Å². The number of alkyl halides is 1. The van der Waals surface area contributed by atoms with Gasteiger partial charge in [0.25, 0.3) is 0 Å². The molecule has 3 aliphatic heterocycles. The molecular weight excluding hydrogens is 566 g/mol. The topological polar surface area (TPSA) is 95.5 Å². The molecule has 0 saturated carbocycles. The van der Waals surface area contributed by atoms with Gasteiger partial charge in [-0.05, 0) is 104 Å². The minimum atomic E-state index is -1.25. The number of aromatic nitrogens is 2. The molecule has 4 atom stereocenters. The number of nitrogens with zero attached hydrogens (tertiary/aromatic N) is 4. The number of hydrogen-bond acceptors (Lipinski definition) is 9. The third-order valence-corrected chi connectivity index (χ3v) is 9.29. The van der Waals surface area contributed by atoms with Crippen LogP contribution in [0.25, 0.3) is 11.3 Å². The number of piperidine rings is 2. The van der Waals surface area contributed by atoms with Gasteiger partial charge < -0.3 is 28.4 Å². The fourth-order valence-corrected chi connectivity index (χ4v) is 6.24. The number of amides is 1. The lowest BCUT2D eigenvalue weighted by Gasteiger charge is -2.52. The van der Waals surface area contributed by atoms with Gasteiger partial charge in [0.2, 0.25) is 0 Å². The molecule has 10 nitrogen and oxygen atoms in total. The molecule has 0 N–H and O–H groups in total. The molecule has 0 aliphatic carbocycles. The van der Waals surface area contributed by atoms with Gasteiger partial charge in [0, 0.05) is 25.8 Å². The summed E-state index contributed by atoms with van der Waals surface area (Å²) in [6.07, 6.45) is 1.13. The van der Waals surface area contributed by atoms with Crippen LogP contribution in [0, 0.1) is 0 Å². The van der Waals surface area contributed by atoms with Crippen molar-refractivity contribution in [2.75, 3.05) is 25.9 Å². The van der Waals surface area contributed by atoms with E-state index in [0.29, 0.717) is 30.1 Å². The zero-order chi connectivity index (χ0) is 32.0. The second-order valence-electron chi connectivity index (χ2n) is 14.1. The number of ether oxygens (including phenoxy) is 3. The average Bonchev–Trinajstić information content (AvgIpc) is 3.18. The lowest BCUT2D eigenvalue weighted by Crippen LogP contribution is -2.65. The van der Waals surface area contributed by atoms with E-state index in [-0.39, 0.29) is 12.8 Å². The van der Waals surface area contributed by atoms with Crippen LogP contribution in [0.2, 0.25) is 0 Å². The Labute approximate surface area is 260 Å². The number of methoxy groups -OCH3 is 1. The second kappa shape index (κ2) is 12.1. The summed E-state index contributed by atoms with van der Waals surface area (Å²) >= 11 is 0. The molecule has 3 aliphatic rings. The standard InChI is InChI=1S/C32H46BFN4O6/c1-30(2,3)42-29(39)38-21-11-10-12-24(38)28(34)25(18-21)37(8)27-16-15-23(35-36-27)22-14-13-20(17-26(22)41-19-40-9)33-43-31(4,5)32(6,7)44-33/h13-17,21,24-25,28H,10-12,18-19H2,1-9H3/t21-,24+,25-,28+/m1/s1. The fraction of sp³-hybridized carbons (Fsp3) is 0.656. The van der Waals surface area contributed by atoms with E-state index in [0.717, 1.165) is 23.9 Å². The molecule has 3 fully saturated rings. The summed E-state index contributed by atoms with van der Waals surface area (Å²) in [6, 6.07) is 8.36. The highest BCUT2D eigenvalue weighted by Crippen LogP contribution is 2.40. The van der Waals surface area contributed by atoms with Crippen LogP contribution in [0.3, 0.4) is 0 Å². The average molecular weight is 613 g/mol. The van der Waals surface area contributed by atoms with Crippen molar-refractivity contribution in [1.82, 2.24) is 15.1 Å². The summed E-state index contributed by atoms with van der Waals surface area (Å²) in [5.41, 5.74) is 0.569. The van der Waals surface area contributed by atoms with Gasteiger partial charge in [0.1, 0.15) is 17.5 Å². The first-order chi connectivity index (χ1) is 20.6. The summed E-state index contributed by atoms with van der Waals surface area (Å²) in [5, 5.41) is 8.99. The molecule has 3 saturated heterocycles. The lowest BCUT2D eigenvalue weighted by molar-refractivity contribution is -0.0467. The Morgan fingerprint density at radius 1 is 1.11 bits per heavy atom. The minimum Gasteiger partial charge on any atom is -0.467 e. The largest absolute Gasteiger partial charge is 0.494 e. The van der Waals surface area contributed by atoms with Gasteiger partial charge in [-0.1, -0.05) is 6.07 Å². The van der Waals surface area contributed by atoms with Crippen LogP contribution in [0.1, 0.15) is 74.1 Å². The number of carbonyl (C=O) groups excluding carboxylic acids is 1. The molecule has 12 heteroatoms. The maximum Gasteiger partial charge on any atom is 0.494 e. The molecule has 2 bridgehead atoms. The first-order valence-corrected chi connectivity index (χ1v) is 15.5. The van der Waals surface area contributed by atoms with Crippen LogP contribution in [0.5, 0.6) is 5.75 Å². The minimum absolute atomic E-state index is 0.0519. The van der Waals surface area contributed by atoms with E-state index >= 15 is 4.39 Å².